The number of hydrogen-bond donors (Lipinski definition) is 1. The molecule has 1 amide bonds. The second-order valence-corrected chi connectivity index (χ2v) is 5.03. The first-order valence-corrected chi connectivity index (χ1v) is 6.86. The van der Waals surface area contributed by atoms with E-state index in [9.17, 15) is 4.79 Å². The van der Waals surface area contributed by atoms with Gasteiger partial charge in [0.2, 0.25) is 0 Å². The van der Waals surface area contributed by atoms with E-state index in [2.05, 4.69) is 17.3 Å². The summed E-state index contributed by atoms with van der Waals surface area (Å²) in [5, 5.41) is 2.91. The Kier molecular flexibility index (Phi) is 5.52. The highest BCUT2D eigenvalue weighted by atomic mass is 16.5. The number of rotatable bonds is 5. The lowest BCUT2D eigenvalue weighted by Crippen LogP contribution is -2.46. The van der Waals surface area contributed by atoms with Gasteiger partial charge in [0.05, 0.1) is 12.7 Å². The van der Waals surface area contributed by atoms with Gasteiger partial charge in [-0.15, -0.1) is 0 Å². The third-order valence-electron chi connectivity index (χ3n) is 3.42. The van der Waals surface area contributed by atoms with Gasteiger partial charge in [-0.05, 0) is 12.6 Å². The van der Waals surface area contributed by atoms with Crippen LogP contribution in [0.5, 0.6) is 0 Å². The van der Waals surface area contributed by atoms with E-state index in [1.807, 2.05) is 30.3 Å². The van der Waals surface area contributed by atoms with Gasteiger partial charge in [0.25, 0.3) is 5.91 Å². The molecule has 0 spiro atoms. The van der Waals surface area contributed by atoms with Crippen LogP contribution in [0.1, 0.15) is 11.7 Å². The number of likely N-dealkylation sites (N-methyl/N-ethyl adjacent to an activating group) is 1. The van der Waals surface area contributed by atoms with Crippen molar-refractivity contribution in [3.63, 3.8) is 0 Å². The second-order valence-electron chi connectivity index (χ2n) is 5.03. The molecular formula is C15H22N2O3. The zero-order valence-corrected chi connectivity index (χ0v) is 12.0. The fraction of sp³-hybridized carbons (Fsp3) is 0.533. The van der Waals surface area contributed by atoms with Crippen LogP contribution in [0.2, 0.25) is 0 Å². The Labute approximate surface area is 119 Å². The normalized spacial score (nSPS) is 21.4. The number of methoxy groups -OCH3 is 1. The molecule has 110 valence electrons. The molecule has 0 radical (unpaired) electrons. The zero-order valence-electron chi connectivity index (χ0n) is 12.0. The topological polar surface area (TPSA) is 50.8 Å². The Balaban J connectivity index is 1.87. The van der Waals surface area contributed by atoms with Gasteiger partial charge in [0, 0.05) is 26.7 Å². The van der Waals surface area contributed by atoms with Crippen molar-refractivity contribution in [2.24, 2.45) is 0 Å². The predicted molar refractivity (Wildman–Crippen MR) is 76.4 cm³/mol. The van der Waals surface area contributed by atoms with Crippen molar-refractivity contribution in [3.05, 3.63) is 35.9 Å². The maximum absolute atomic E-state index is 12.2. The number of benzene rings is 1. The predicted octanol–water partition coefficient (Wildman–Crippen LogP) is 0.821. The molecule has 5 nitrogen and oxygen atoms in total. The minimum atomic E-state index is -0.572. The van der Waals surface area contributed by atoms with Crippen LogP contribution in [-0.4, -0.2) is 57.3 Å². The molecule has 0 unspecified atom stereocenters. The number of nitrogens with zero attached hydrogens (tertiary/aromatic N) is 1. The second kappa shape index (κ2) is 7.38. The Morgan fingerprint density at radius 1 is 1.50 bits per heavy atom. The van der Waals surface area contributed by atoms with Crippen molar-refractivity contribution in [3.8, 4) is 0 Å². The molecule has 1 aliphatic rings. The fourth-order valence-electron chi connectivity index (χ4n) is 2.32. The van der Waals surface area contributed by atoms with Crippen molar-refractivity contribution >= 4 is 5.91 Å². The molecule has 1 fully saturated rings. The number of carbonyl (C=O) groups excluding carboxylic acids is 1. The molecule has 1 N–H and O–H groups in total. The minimum Gasteiger partial charge on any atom is -0.374 e. The Hall–Kier alpha value is -1.43. The number of carbonyl (C=O) groups is 1. The van der Waals surface area contributed by atoms with Gasteiger partial charge in [0.1, 0.15) is 0 Å². The van der Waals surface area contributed by atoms with Crippen LogP contribution in [0, 0.1) is 0 Å². The summed E-state index contributed by atoms with van der Waals surface area (Å²) in [5.41, 5.74) is 0.856. The molecule has 2 atom stereocenters. The number of amides is 1. The van der Waals surface area contributed by atoms with Gasteiger partial charge in [0.15, 0.2) is 6.10 Å². The zero-order chi connectivity index (χ0) is 14.4. The van der Waals surface area contributed by atoms with Crippen molar-refractivity contribution in [1.29, 1.82) is 0 Å². The summed E-state index contributed by atoms with van der Waals surface area (Å²) in [6, 6.07) is 9.48. The Morgan fingerprint density at radius 2 is 2.25 bits per heavy atom. The number of hydrogen-bond acceptors (Lipinski definition) is 4. The molecule has 1 aromatic carbocycles. The molecule has 1 aromatic rings. The monoisotopic (exact) mass is 278 g/mol. The van der Waals surface area contributed by atoms with Gasteiger partial charge in [-0.1, -0.05) is 30.3 Å². The number of ether oxygens (including phenoxy) is 2. The maximum atomic E-state index is 12.2. The highest BCUT2D eigenvalue weighted by Gasteiger charge is 2.22. The minimum absolute atomic E-state index is 0.0472. The molecule has 5 heteroatoms. The van der Waals surface area contributed by atoms with E-state index in [0.717, 1.165) is 18.7 Å². The first-order chi connectivity index (χ1) is 9.70. The number of nitrogens with one attached hydrogen (secondary N) is 1. The van der Waals surface area contributed by atoms with Gasteiger partial charge >= 0.3 is 0 Å². The standard InChI is InChI=1S/C15H22N2O3/c1-17-8-9-20-13(11-17)10-16-15(18)14(19-2)12-6-4-3-5-7-12/h3-7,13-14H,8-11H2,1-2H3,(H,16,18)/t13-,14-/m1/s1. The van der Waals surface area contributed by atoms with Crippen LogP contribution in [0.15, 0.2) is 30.3 Å². The van der Waals surface area contributed by atoms with Crippen LogP contribution in [0.3, 0.4) is 0 Å². The third-order valence-corrected chi connectivity index (χ3v) is 3.42. The largest absolute Gasteiger partial charge is 0.374 e. The van der Waals surface area contributed by atoms with Crippen LogP contribution in [0.4, 0.5) is 0 Å². The van der Waals surface area contributed by atoms with Crippen LogP contribution in [0.25, 0.3) is 0 Å². The highest BCUT2D eigenvalue weighted by Crippen LogP contribution is 2.16. The summed E-state index contributed by atoms with van der Waals surface area (Å²) >= 11 is 0. The van der Waals surface area contributed by atoms with Gasteiger partial charge in [-0.3, -0.25) is 4.79 Å². The molecule has 0 bridgehead atoms. The Bertz CT molecular complexity index is 424. The molecule has 2 rings (SSSR count). The molecule has 1 saturated heterocycles. The maximum Gasteiger partial charge on any atom is 0.253 e. The van der Waals surface area contributed by atoms with E-state index in [4.69, 9.17) is 9.47 Å². The Morgan fingerprint density at radius 3 is 2.90 bits per heavy atom. The summed E-state index contributed by atoms with van der Waals surface area (Å²) in [4.78, 5) is 14.4. The molecule has 1 aliphatic heterocycles. The van der Waals surface area contributed by atoms with Gasteiger partial charge in [-0.25, -0.2) is 0 Å². The van der Waals surface area contributed by atoms with E-state index in [1.165, 1.54) is 0 Å². The summed E-state index contributed by atoms with van der Waals surface area (Å²) < 4.78 is 10.9. The molecule has 0 aliphatic carbocycles. The summed E-state index contributed by atoms with van der Waals surface area (Å²) in [5.74, 6) is -0.129. The smallest absolute Gasteiger partial charge is 0.253 e. The van der Waals surface area contributed by atoms with E-state index in [1.54, 1.807) is 7.11 Å². The third kappa shape index (κ3) is 4.03. The summed E-state index contributed by atoms with van der Waals surface area (Å²) in [6.07, 6.45) is -0.525. The van der Waals surface area contributed by atoms with Gasteiger partial charge in [-0.2, -0.15) is 0 Å². The highest BCUT2D eigenvalue weighted by molar-refractivity contribution is 5.82. The lowest BCUT2D eigenvalue weighted by molar-refractivity contribution is -0.132. The SMILES string of the molecule is CO[C@@H](C(=O)NC[C@@H]1CN(C)CCO1)c1ccccc1. The van der Waals surface area contributed by atoms with Crippen molar-refractivity contribution in [1.82, 2.24) is 10.2 Å². The van der Waals surface area contributed by atoms with Gasteiger partial charge < -0.3 is 19.7 Å². The van der Waals surface area contributed by atoms with Crippen LogP contribution < -0.4 is 5.32 Å². The number of morpholine rings is 1. The van der Waals surface area contributed by atoms with Crippen molar-refractivity contribution in [2.45, 2.75) is 12.2 Å². The lowest BCUT2D eigenvalue weighted by atomic mass is 10.1. The van der Waals surface area contributed by atoms with E-state index in [0.29, 0.717) is 13.2 Å². The quantitative estimate of drug-likeness (QED) is 0.866. The first-order valence-electron chi connectivity index (χ1n) is 6.86. The molecule has 0 saturated carbocycles. The molecule has 0 aromatic heterocycles. The fourth-order valence-corrected chi connectivity index (χ4v) is 2.32. The van der Waals surface area contributed by atoms with Crippen LogP contribution in [-0.2, 0) is 14.3 Å². The van der Waals surface area contributed by atoms with E-state index >= 15 is 0 Å². The van der Waals surface area contributed by atoms with E-state index in [-0.39, 0.29) is 12.0 Å². The first kappa shape index (κ1) is 15.0. The average Bonchev–Trinajstić information content (AvgIpc) is 2.47. The summed E-state index contributed by atoms with van der Waals surface area (Å²) in [7, 11) is 3.60. The molecule has 1 heterocycles. The van der Waals surface area contributed by atoms with Crippen molar-refractivity contribution in [2.75, 3.05) is 40.4 Å². The van der Waals surface area contributed by atoms with Crippen molar-refractivity contribution < 1.29 is 14.3 Å². The average molecular weight is 278 g/mol. The lowest BCUT2D eigenvalue weighted by Gasteiger charge is -2.30. The van der Waals surface area contributed by atoms with E-state index < -0.39 is 6.10 Å². The summed E-state index contributed by atoms with van der Waals surface area (Å²) in [6.45, 7) is 3.00. The molecule has 20 heavy (non-hydrogen) atoms. The van der Waals surface area contributed by atoms with Crippen LogP contribution >= 0.6 is 0 Å². The molecular weight excluding hydrogens is 256 g/mol.